The first-order chi connectivity index (χ1) is 9.65. The summed E-state index contributed by atoms with van der Waals surface area (Å²) in [5, 5.41) is 12.0. The summed E-state index contributed by atoms with van der Waals surface area (Å²) < 4.78 is 0. The first-order valence-corrected chi connectivity index (χ1v) is 5.97. The lowest BCUT2D eigenvalue weighted by Crippen LogP contribution is -2.28. The average Bonchev–Trinajstić information content (AvgIpc) is 2.43. The van der Waals surface area contributed by atoms with Crippen LogP contribution < -0.4 is 5.32 Å². The maximum Gasteiger partial charge on any atom is 0.260 e. The predicted molar refractivity (Wildman–Crippen MR) is 73.3 cm³/mol. The van der Waals surface area contributed by atoms with Crippen molar-refractivity contribution in [3.05, 3.63) is 59.3 Å². The zero-order chi connectivity index (χ0) is 14.1. The summed E-state index contributed by atoms with van der Waals surface area (Å²) in [4.78, 5) is 28.2. The minimum absolute atomic E-state index is 0.0242. The van der Waals surface area contributed by atoms with E-state index in [0.717, 1.165) is 0 Å². The molecule has 2 N–H and O–H groups in total. The van der Waals surface area contributed by atoms with Gasteiger partial charge in [-0.05, 0) is 35.9 Å². The molecular weight excluding hydrogens is 256 g/mol. The molecule has 0 aliphatic carbocycles. The normalized spacial score (nSPS) is 15.9. The number of nitrogens with one attached hydrogen (secondary N) is 1. The van der Waals surface area contributed by atoms with Crippen molar-refractivity contribution >= 4 is 23.6 Å². The number of phenols is 1. The van der Waals surface area contributed by atoms with Crippen molar-refractivity contribution < 1.29 is 14.7 Å². The molecule has 1 aromatic heterocycles. The van der Waals surface area contributed by atoms with E-state index in [1.165, 1.54) is 24.4 Å². The highest BCUT2D eigenvalue weighted by atomic mass is 16.3. The monoisotopic (exact) mass is 266 g/mol. The lowest BCUT2D eigenvalue weighted by molar-refractivity contribution is -0.112. The number of aromatic nitrogens is 1. The Labute approximate surface area is 114 Å². The molecule has 2 heterocycles. The summed E-state index contributed by atoms with van der Waals surface area (Å²) in [5.74, 6) is -0.523. The number of fused-ring (bicyclic) bond motifs is 1. The number of nitrogens with zero attached hydrogens (tertiary/aromatic N) is 1. The fraction of sp³-hybridized carbons (Fsp3) is 0. The molecule has 0 atom stereocenters. The quantitative estimate of drug-likeness (QED) is 0.611. The van der Waals surface area contributed by atoms with Crippen LogP contribution in [0.4, 0.5) is 5.82 Å². The lowest BCUT2D eigenvalue weighted by Gasteiger charge is -2.16. The van der Waals surface area contributed by atoms with E-state index in [0.29, 0.717) is 11.1 Å². The van der Waals surface area contributed by atoms with Gasteiger partial charge in [-0.2, -0.15) is 0 Å². The number of amides is 1. The molecule has 5 nitrogen and oxygen atoms in total. The molecule has 0 spiro atoms. The SMILES string of the molecule is O=C1Nc2ncccc2C(=O)/C1=C/c1cccc(O)c1. The van der Waals surface area contributed by atoms with Crippen LogP contribution in [0.2, 0.25) is 0 Å². The van der Waals surface area contributed by atoms with Crippen LogP contribution in [-0.4, -0.2) is 21.8 Å². The van der Waals surface area contributed by atoms with Gasteiger partial charge in [0.25, 0.3) is 5.91 Å². The molecule has 98 valence electrons. The Hall–Kier alpha value is -2.95. The molecule has 1 aliphatic heterocycles. The number of Topliss-reactive ketones (excluding diaryl/α,β-unsaturated/α-hetero) is 1. The van der Waals surface area contributed by atoms with Gasteiger partial charge in [0.2, 0.25) is 5.78 Å². The van der Waals surface area contributed by atoms with Gasteiger partial charge >= 0.3 is 0 Å². The largest absolute Gasteiger partial charge is 0.508 e. The Morgan fingerprint density at radius 2 is 2.00 bits per heavy atom. The van der Waals surface area contributed by atoms with Crippen LogP contribution in [0.5, 0.6) is 5.75 Å². The molecule has 0 unspecified atom stereocenters. The Morgan fingerprint density at radius 1 is 1.15 bits per heavy atom. The van der Waals surface area contributed by atoms with Crippen LogP contribution in [-0.2, 0) is 4.79 Å². The molecule has 2 aromatic rings. The fourth-order valence-corrected chi connectivity index (χ4v) is 2.02. The van der Waals surface area contributed by atoms with Crippen LogP contribution >= 0.6 is 0 Å². The molecule has 1 aliphatic rings. The van der Waals surface area contributed by atoms with Gasteiger partial charge in [0.15, 0.2) is 0 Å². The topological polar surface area (TPSA) is 79.3 Å². The van der Waals surface area contributed by atoms with Crippen molar-refractivity contribution in [2.45, 2.75) is 0 Å². The van der Waals surface area contributed by atoms with E-state index in [-0.39, 0.29) is 22.9 Å². The van der Waals surface area contributed by atoms with Gasteiger partial charge in [-0.15, -0.1) is 0 Å². The number of anilines is 1. The standard InChI is InChI=1S/C15H10N2O3/c18-10-4-1-3-9(7-10)8-12-13(19)11-5-2-6-16-14(11)17-15(12)20/h1-8,18H,(H,16,17,20)/b12-8-. The lowest BCUT2D eigenvalue weighted by atomic mass is 9.97. The molecule has 5 heteroatoms. The van der Waals surface area contributed by atoms with Crippen molar-refractivity contribution in [3.8, 4) is 5.75 Å². The summed E-state index contributed by atoms with van der Waals surface area (Å²) in [7, 11) is 0. The van der Waals surface area contributed by atoms with Gasteiger partial charge in [-0.1, -0.05) is 12.1 Å². The number of carbonyl (C=O) groups excluding carboxylic acids is 2. The third kappa shape index (κ3) is 2.05. The van der Waals surface area contributed by atoms with Gasteiger partial charge in [0.1, 0.15) is 11.6 Å². The van der Waals surface area contributed by atoms with Crippen LogP contribution in [0.15, 0.2) is 48.2 Å². The van der Waals surface area contributed by atoms with Crippen molar-refractivity contribution in [1.82, 2.24) is 4.98 Å². The highest BCUT2D eigenvalue weighted by molar-refractivity contribution is 6.35. The van der Waals surface area contributed by atoms with Crippen molar-refractivity contribution in [2.24, 2.45) is 0 Å². The number of ketones is 1. The van der Waals surface area contributed by atoms with Gasteiger partial charge in [-0.3, -0.25) is 9.59 Å². The summed E-state index contributed by atoms with van der Waals surface area (Å²) in [6.07, 6.45) is 2.96. The highest BCUT2D eigenvalue weighted by Gasteiger charge is 2.28. The third-order valence-corrected chi connectivity index (χ3v) is 2.95. The zero-order valence-corrected chi connectivity index (χ0v) is 10.3. The van der Waals surface area contributed by atoms with Crippen molar-refractivity contribution in [3.63, 3.8) is 0 Å². The molecule has 20 heavy (non-hydrogen) atoms. The highest BCUT2D eigenvalue weighted by Crippen LogP contribution is 2.24. The van der Waals surface area contributed by atoms with Crippen LogP contribution in [0.1, 0.15) is 15.9 Å². The molecule has 0 saturated carbocycles. The Balaban J connectivity index is 2.07. The fourth-order valence-electron chi connectivity index (χ4n) is 2.02. The minimum Gasteiger partial charge on any atom is -0.508 e. The number of hydrogen-bond acceptors (Lipinski definition) is 4. The molecule has 0 bridgehead atoms. The third-order valence-electron chi connectivity index (χ3n) is 2.95. The molecule has 1 aromatic carbocycles. The molecule has 1 amide bonds. The average molecular weight is 266 g/mol. The number of pyridine rings is 1. The number of aromatic hydroxyl groups is 1. The minimum atomic E-state index is -0.496. The van der Waals surface area contributed by atoms with Gasteiger partial charge in [0.05, 0.1) is 11.1 Å². The number of benzene rings is 1. The summed E-state index contributed by atoms with van der Waals surface area (Å²) in [5.41, 5.74) is 0.963. The maximum atomic E-state index is 12.3. The van der Waals surface area contributed by atoms with Crippen LogP contribution in [0.3, 0.4) is 0 Å². The van der Waals surface area contributed by atoms with E-state index >= 15 is 0 Å². The predicted octanol–water partition coefficient (Wildman–Crippen LogP) is 2.01. The first kappa shape index (κ1) is 12.1. The summed E-state index contributed by atoms with van der Waals surface area (Å²) in [6.45, 7) is 0. The molecular formula is C15H10N2O3. The first-order valence-electron chi connectivity index (χ1n) is 5.97. The number of carbonyl (C=O) groups is 2. The number of phenolic OH excluding ortho intramolecular Hbond substituents is 1. The van der Waals surface area contributed by atoms with E-state index in [1.807, 2.05) is 0 Å². The Kier molecular flexibility index (Phi) is 2.80. The Bertz CT molecular complexity index is 750. The summed E-state index contributed by atoms with van der Waals surface area (Å²) >= 11 is 0. The maximum absolute atomic E-state index is 12.3. The van der Waals surface area contributed by atoms with E-state index in [2.05, 4.69) is 10.3 Å². The Morgan fingerprint density at radius 3 is 2.80 bits per heavy atom. The van der Waals surface area contributed by atoms with E-state index in [4.69, 9.17) is 0 Å². The summed E-state index contributed by atoms with van der Waals surface area (Å²) in [6, 6.07) is 9.59. The number of hydrogen-bond donors (Lipinski definition) is 2. The second-order valence-electron chi connectivity index (χ2n) is 4.34. The smallest absolute Gasteiger partial charge is 0.260 e. The van der Waals surface area contributed by atoms with E-state index in [1.54, 1.807) is 24.3 Å². The molecule has 0 fully saturated rings. The van der Waals surface area contributed by atoms with Gasteiger partial charge in [-0.25, -0.2) is 4.98 Å². The molecule has 3 rings (SSSR count). The van der Waals surface area contributed by atoms with Crippen LogP contribution in [0, 0.1) is 0 Å². The van der Waals surface area contributed by atoms with Crippen molar-refractivity contribution in [1.29, 1.82) is 0 Å². The number of rotatable bonds is 1. The second-order valence-corrected chi connectivity index (χ2v) is 4.34. The second kappa shape index (κ2) is 4.62. The van der Waals surface area contributed by atoms with Gasteiger partial charge < -0.3 is 10.4 Å². The van der Waals surface area contributed by atoms with E-state index in [9.17, 15) is 14.7 Å². The zero-order valence-electron chi connectivity index (χ0n) is 10.3. The van der Waals surface area contributed by atoms with Gasteiger partial charge in [0, 0.05) is 6.20 Å². The molecule has 0 radical (unpaired) electrons. The molecule has 0 saturated heterocycles. The van der Waals surface area contributed by atoms with Crippen molar-refractivity contribution in [2.75, 3.05) is 5.32 Å². The van der Waals surface area contributed by atoms with E-state index < -0.39 is 5.91 Å². The van der Waals surface area contributed by atoms with Crippen LogP contribution in [0.25, 0.3) is 6.08 Å².